The van der Waals surface area contributed by atoms with Gasteiger partial charge in [-0.25, -0.2) is 0 Å². The van der Waals surface area contributed by atoms with E-state index in [1.54, 1.807) is 0 Å². The summed E-state index contributed by atoms with van der Waals surface area (Å²) in [5.41, 5.74) is -0.413. The molecule has 1 saturated carbocycles. The van der Waals surface area contributed by atoms with Crippen molar-refractivity contribution in [2.75, 3.05) is 13.2 Å². The molecule has 1 aliphatic rings. The Morgan fingerprint density at radius 1 is 1.29 bits per heavy atom. The van der Waals surface area contributed by atoms with E-state index in [4.69, 9.17) is 9.47 Å². The summed E-state index contributed by atoms with van der Waals surface area (Å²) < 4.78 is 11.5. The van der Waals surface area contributed by atoms with Crippen molar-refractivity contribution in [2.24, 2.45) is 0 Å². The van der Waals surface area contributed by atoms with Crippen molar-refractivity contribution in [3.63, 3.8) is 0 Å². The van der Waals surface area contributed by atoms with Crippen LogP contribution in [0.15, 0.2) is 24.3 Å². The Kier molecular flexibility index (Phi) is 5.46. The maximum atomic E-state index is 9.37. The molecule has 0 spiro atoms. The minimum absolute atomic E-state index is 0.103. The van der Waals surface area contributed by atoms with Gasteiger partial charge in [0.25, 0.3) is 0 Å². The molecule has 2 atom stereocenters. The van der Waals surface area contributed by atoms with Crippen molar-refractivity contribution in [3.8, 4) is 17.6 Å². The molecule has 0 radical (unpaired) electrons. The van der Waals surface area contributed by atoms with Crippen molar-refractivity contribution in [1.29, 1.82) is 5.26 Å². The lowest BCUT2D eigenvalue weighted by Crippen LogP contribution is -2.42. The Bertz CT molecular complexity index is 481. The van der Waals surface area contributed by atoms with Gasteiger partial charge < -0.3 is 9.47 Å². The molecule has 0 heterocycles. The quantitative estimate of drug-likeness (QED) is 0.836. The van der Waals surface area contributed by atoms with Crippen LogP contribution >= 0.6 is 0 Å². The van der Waals surface area contributed by atoms with E-state index in [1.807, 2.05) is 31.2 Å². The number of nitrogens with zero attached hydrogens (tertiary/aromatic N) is 1. The summed E-state index contributed by atoms with van der Waals surface area (Å²) in [5, 5.41) is 12.7. The zero-order chi connectivity index (χ0) is 15.1. The largest absolute Gasteiger partial charge is 0.494 e. The van der Waals surface area contributed by atoms with Crippen LogP contribution < -0.4 is 14.8 Å². The van der Waals surface area contributed by atoms with E-state index in [2.05, 4.69) is 18.3 Å². The summed E-state index contributed by atoms with van der Waals surface area (Å²) in [7, 11) is 0. The summed E-state index contributed by atoms with van der Waals surface area (Å²) in [5.74, 6) is 1.71. The fourth-order valence-corrected chi connectivity index (χ4v) is 2.77. The van der Waals surface area contributed by atoms with Crippen LogP contribution in [-0.4, -0.2) is 24.8 Å². The van der Waals surface area contributed by atoms with Crippen molar-refractivity contribution >= 4 is 0 Å². The van der Waals surface area contributed by atoms with Gasteiger partial charge in [0.1, 0.15) is 23.1 Å². The number of hydrogen-bond donors (Lipinski definition) is 1. The molecule has 1 aromatic carbocycles. The van der Waals surface area contributed by atoms with Crippen molar-refractivity contribution in [3.05, 3.63) is 24.3 Å². The molecule has 0 aromatic heterocycles. The monoisotopic (exact) mass is 288 g/mol. The first kappa shape index (κ1) is 15.7. The third-order valence-electron chi connectivity index (χ3n) is 3.80. The van der Waals surface area contributed by atoms with Crippen LogP contribution in [0.5, 0.6) is 11.5 Å². The highest BCUT2D eigenvalue weighted by Crippen LogP contribution is 2.32. The van der Waals surface area contributed by atoms with Crippen LogP contribution in [0.2, 0.25) is 0 Å². The second-order valence-electron chi connectivity index (χ2n) is 5.53. The predicted octanol–water partition coefficient (Wildman–Crippen LogP) is 3.28. The number of hydrogen-bond acceptors (Lipinski definition) is 4. The molecule has 4 heteroatoms. The SMILES string of the molecule is CCCOc1ccc(OC2CCC(C#N)(NCC)C2)cc1. The highest BCUT2D eigenvalue weighted by Gasteiger charge is 2.39. The third kappa shape index (κ3) is 4.12. The summed E-state index contributed by atoms with van der Waals surface area (Å²) in [4.78, 5) is 0. The maximum Gasteiger partial charge on any atom is 0.119 e. The molecule has 21 heavy (non-hydrogen) atoms. The van der Waals surface area contributed by atoms with E-state index in [0.29, 0.717) is 0 Å². The van der Waals surface area contributed by atoms with Gasteiger partial charge >= 0.3 is 0 Å². The second-order valence-corrected chi connectivity index (χ2v) is 5.53. The summed E-state index contributed by atoms with van der Waals surface area (Å²) >= 11 is 0. The zero-order valence-electron chi connectivity index (χ0n) is 12.9. The lowest BCUT2D eigenvalue weighted by Gasteiger charge is -2.22. The molecule has 1 aliphatic carbocycles. The number of nitrogens with one attached hydrogen (secondary N) is 1. The Hall–Kier alpha value is -1.73. The summed E-state index contributed by atoms with van der Waals surface area (Å²) in [6.07, 6.45) is 3.60. The topological polar surface area (TPSA) is 54.3 Å². The van der Waals surface area contributed by atoms with Crippen LogP contribution in [0.1, 0.15) is 39.5 Å². The maximum absolute atomic E-state index is 9.37. The molecular weight excluding hydrogens is 264 g/mol. The van der Waals surface area contributed by atoms with Gasteiger partial charge in [-0.15, -0.1) is 0 Å². The number of nitriles is 1. The molecule has 1 fully saturated rings. The number of benzene rings is 1. The highest BCUT2D eigenvalue weighted by atomic mass is 16.5. The van der Waals surface area contributed by atoms with Crippen LogP contribution in [0.3, 0.4) is 0 Å². The molecule has 0 saturated heterocycles. The van der Waals surface area contributed by atoms with Crippen molar-refractivity contribution in [1.82, 2.24) is 5.32 Å². The lowest BCUT2D eigenvalue weighted by molar-refractivity contribution is 0.201. The Balaban J connectivity index is 1.89. The zero-order valence-corrected chi connectivity index (χ0v) is 12.9. The number of rotatable bonds is 7. The average Bonchev–Trinajstić information content (AvgIpc) is 2.90. The van der Waals surface area contributed by atoms with Gasteiger partial charge in [-0.05, 0) is 50.1 Å². The van der Waals surface area contributed by atoms with E-state index in [0.717, 1.165) is 50.3 Å². The molecule has 0 amide bonds. The van der Waals surface area contributed by atoms with E-state index < -0.39 is 5.54 Å². The van der Waals surface area contributed by atoms with Gasteiger partial charge in [-0.3, -0.25) is 5.32 Å². The first-order valence-electron chi connectivity index (χ1n) is 7.77. The normalized spacial score (nSPS) is 24.5. The average molecular weight is 288 g/mol. The van der Waals surface area contributed by atoms with Crippen LogP contribution in [0.25, 0.3) is 0 Å². The van der Waals surface area contributed by atoms with E-state index >= 15 is 0 Å². The van der Waals surface area contributed by atoms with Crippen molar-refractivity contribution in [2.45, 2.75) is 51.2 Å². The van der Waals surface area contributed by atoms with E-state index in [1.165, 1.54) is 0 Å². The fourth-order valence-electron chi connectivity index (χ4n) is 2.77. The molecule has 114 valence electrons. The smallest absolute Gasteiger partial charge is 0.119 e. The summed E-state index contributed by atoms with van der Waals surface area (Å²) in [6.45, 7) is 5.66. The molecule has 0 aliphatic heterocycles. The van der Waals surface area contributed by atoms with Gasteiger partial charge in [-0.1, -0.05) is 13.8 Å². The summed E-state index contributed by atoms with van der Waals surface area (Å²) in [6, 6.07) is 10.2. The number of ether oxygens (including phenoxy) is 2. The predicted molar refractivity (Wildman–Crippen MR) is 82.5 cm³/mol. The van der Waals surface area contributed by atoms with Crippen LogP contribution in [0.4, 0.5) is 0 Å². The molecule has 2 rings (SSSR count). The highest BCUT2D eigenvalue weighted by molar-refractivity contribution is 5.31. The molecule has 4 nitrogen and oxygen atoms in total. The minimum atomic E-state index is -0.413. The Morgan fingerprint density at radius 3 is 2.62 bits per heavy atom. The van der Waals surface area contributed by atoms with Gasteiger partial charge in [0, 0.05) is 6.42 Å². The van der Waals surface area contributed by atoms with Gasteiger partial charge in [0.15, 0.2) is 0 Å². The van der Waals surface area contributed by atoms with Gasteiger partial charge in [0.2, 0.25) is 0 Å². The molecular formula is C17H24N2O2. The second kappa shape index (κ2) is 7.33. The third-order valence-corrected chi connectivity index (χ3v) is 3.80. The van der Waals surface area contributed by atoms with Crippen LogP contribution in [0, 0.1) is 11.3 Å². The lowest BCUT2D eigenvalue weighted by atomic mass is 10.00. The minimum Gasteiger partial charge on any atom is -0.494 e. The Morgan fingerprint density at radius 2 is 2.00 bits per heavy atom. The standard InChI is InChI=1S/C17H24N2O2/c1-3-11-20-14-5-7-15(8-6-14)21-16-9-10-17(12-16,13-18)19-4-2/h5-8,16,19H,3-4,9-12H2,1-2H3. The van der Waals surface area contributed by atoms with Crippen LogP contribution in [-0.2, 0) is 0 Å². The first-order valence-corrected chi connectivity index (χ1v) is 7.77. The molecule has 1 aromatic rings. The fraction of sp³-hybridized carbons (Fsp3) is 0.588. The molecule has 0 bridgehead atoms. The molecule has 1 N–H and O–H groups in total. The van der Waals surface area contributed by atoms with Gasteiger partial charge in [-0.2, -0.15) is 5.26 Å². The Labute approximate surface area is 127 Å². The van der Waals surface area contributed by atoms with Gasteiger partial charge in [0.05, 0.1) is 12.7 Å². The first-order chi connectivity index (χ1) is 10.2. The van der Waals surface area contributed by atoms with E-state index in [9.17, 15) is 5.26 Å². The molecule has 2 unspecified atom stereocenters. The van der Waals surface area contributed by atoms with Crippen molar-refractivity contribution < 1.29 is 9.47 Å². The van der Waals surface area contributed by atoms with E-state index in [-0.39, 0.29) is 6.10 Å².